The Morgan fingerprint density at radius 3 is 3.00 bits per heavy atom. The molecule has 0 radical (unpaired) electrons. The number of nitrogens with one attached hydrogen (secondary N) is 1. The van der Waals surface area contributed by atoms with E-state index in [0.29, 0.717) is 5.88 Å². The highest BCUT2D eigenvalue weighted by Crippen LogP contribution is 2.28. The molecule has 134 valence electrons. The fraction of sp³-hybridized carbons (Fsp3) is 0.235. The summed E-state index contributed by atoms with van der Waals surface area (Å²) in [7, 11) is 0. The van der Waals surface area contributed by atoms with Crippen molar-refractivity contribution in [3.63, 3.8) is 0 Å². The first-order valence-electron chi connectivity index (χ1n) is 8.18. The van der Waals surface area contributed by atoms with Crippen molar-refractivity contribution in [2.75, 3.05) is 5.88 Å². The van der Waals surface area contributed by atoms with Crippen LogP contribution in [-0.4, -0.2) is 30.6 Å². The fourth-order valence-electron chi connectivity index (χ4n) is 2.59. The lowest BCUT2D eigenvalue weighted by atomic mass is 10.2. The monoisotopic (exact) mass is 386 g/mol. The summed E-state index contributed by atoms with van der Waals surface area (Å²) in [5.41, 5.74) is 4.86. The van der Waals surface area contributed by atoms with Gasteiger partial charge in [0.2, 0.25) is 0 Å². The number of aryl methyl sites for hydroxylation is 1. The number of thiophene rings is 1. The number of pyridine rings is 1. The molecule has 0 saturated carbocycles. The molecule has 0 unspecified atom stereocenters. The molecule has 0 fully saturated rings. The van der Waals surface area contributed by atoms with Gasteiger partial charge in [-0.05, 0) is 37.4 Å². The second-order valence-electron chi connectivity index (χ2n) is 5.64. The summed E-state index contributed by atoms with van der Waals surface area (Å²) < 4.78 is 2.13. The molecule has 0 bridgehead atoms. The Balaban J connectivity index is 1.45. The van der Waals surface area contributed by atoms with E-state index in [1.807, 2.05) is 36.3 Å². The number of hydrazine groups is 1. The van der Waals surface area contributed by atoms with Crippen molar-refractivity contribution in [2.24, 2.45) is 0 Å². The predicted molar refractivity (Wildman–Crippen MR) is 103 cm³/mol. The van der Waals surface area contributed by atoms with Gasteiger partial charge in [0.25, 0.3) is 0 Å². The van der Waals surface area contributed by atoms with Crippen molar-refractivity contribution >= 4 is 28.9 Å². The van der Waals surface area contributed by atoms with Crippen LogP contribution in [-0.2, 0) is 11.4 Å². The quantitative estimate of drug-likeness (QED) is 0.650. The normalized spacial score (nSPS) is 13.8. The molecule has 1 N–H and O–H groups in total. The van der Waals surface area contributed by atoms with Crippen LogP contribution in [0.4, 0.5) is 0 Å². The molecule has 0 atom stereocenters. The van der Waals surface area contributed by atoms with Crippen LogP contribution in [0.1, 0.15) is 18.2 Å². The van der Waals surface area contributed by atoms with Gasteiger partial charge in [-0.15, -0.1) is 21.5 Å². The van der Waals surface area contributed by atoms with E-state index >= 15 is 0 Å². The second kappa shape index (κ2) is 7.48. The van der Waals surface area contributed by atoms with Crippen molar-refractivity contribution in [3.8, 4) is 10.7 Å². The molecule has 0 aromatic carbocycles. The summed E-state index contributed by atoms with van der Waals surface area (Å²) in [6.45, 7) is 4.89. The number of rotatable bonds is 6. The predicted octanol–water partition coefficient (Wildman–Crippen LogP) is 3.53. The topological polar surface area (TPSA) is 68.1 Å². The third-order valence-corrected chi connectivity index (χ3v) is 5.67. The molecular weight excluding hydrogens is 368 g/mol. The minimum absolute atomic E-state index is 0.649. The molecule has 0 spiro atoms. The van der Waals surface area contributed by atoms with Crippen LogP contribution in [0.3, 0.4) is 0 Å². The molecule has 3 aromatic heterocycles. The zero-order valence-corrected chi connectivity index (χ0v) is 16.0. The van der Waals surface area contributed by atoms with Crippen LogP contribution in [0, 0.1) is 6.92 Å². The largest absolute Gasteiger partial charge is 0.387 e. The van der Waals surface area contributed by atoms with Gasteiger partial charge in [0.15, 0.2) is 16.7 Å². The molecule has 1 aliphatic heterocycles. The number of hydrogen-bond acceptors (Lipinski definition) is 8. The first kappa shape index (κ1) is 17.1. The van der Waals surface area contributed by atoms with Gasteiger partial charge in [0, 0.05) is 24.0 Å². The van der Waals surface area contributed by atoms with Gasteiger partial charge < -0.3 is 9.40 Å². The highest BCUT2D eigenvalue weighted by atomic mass is 32.2. The molecule has 26 heavy (non-hydrogen) atoms. The molecular formula is C17H18N6OS2. The van der Waals surface area contributed by atoms with Crippen molar-refractivity contribution in [1.29, 1.82) is 0 Å². The summed E-state index contributed by atoms with van der Waals surface area (Å²) in [5, 5.41) is 13.5. The van der Waals surface area contributed by atoms with Gasteiger partial charge >= 0.3 is 0 Å². The van der Waals surface area contributed by atoms with Gasteiger partial charge in [-0.3, -0.25) is 9.99 Å². The zero-order chi connectivity index (χ0) is 17.9. The van der Waals surface area contributed by atoms with E-state index in [1.165, 1.54) is 0 Å². The molecule has 9 heteroatoms. The first-order chi connectivity index (χ1) is 12.7. The van der Waals surface area contributed by atoms with Crippen molar-refractivity contribution < 1.29 is 4.84 Å². The van der Waals surface area contributed by atoms with E-state index in [4.69, 9.17) is 4.84 Å². The molecule has 0 amide bonds. The Labute approximate surface area is 159 Å². The maximum atomic E-state index is 5.57. The molecule has 7 nitrogen and oxygen atoms in total. The molecule has 0 saturated heterocycles. The van der Waals surface area contributed by atoms with Crippen molar-refractivity contribution in [2.45, 2.75) is 25.5 Å². The van der Waals surface area contributed by atoms with Crippen LogP contribution in [0.2, 0.25) is 0 Å². The Morgan fingerprint density at radius 1 is 1.31 bits per heavy atom. The Hall–Kier alpha value is -2.36. The molecule has 4 rings (SSSR count). The SMILES string of the molecule is CCn1c(SCN2C=C(c3ccnc(C)c3)ON2)nnc1-c1cccs1. The van der Waals surface area contributed by atoms with Crippen LogP contribution in [0.5, 0.6) is 0 Å². The van der Waals surface area contributed by atoms with Crippen LogP contribution in [0.15, 0.2) is 47.2 Å². The van der Waals surface area contributed by atoms with Crippen LogP contribution in [0.25, 0.3) is 16.5 Å². The lowest BCUT2D eigenvalue weighted by Crippen LogP contribution is -2.27. The van der Waals surface area contributed by atoms with Crippen molar-refractivity contribution in [3.05, 3.63) is 53.3 Å². The number of hydrogen-bond donors (Lipinski definition) is 1. The maximum absolute atomic E-state index is 5.57. The number of aromatic nitrogens is 4. The van der Waals surface area contributed by atoms with Gasteiger partial charge in [-0.1, -0.05) is 23.4 Å². The van der Waals surface area contributed by atoms with E-state index in [9.17, 15) is 0 Å². The zero-order valence-electron chi connectivity index (χ0n) is 14.4. The van der Waals surface area contributed by atoms with Gasteiger partial charge in [0.05, 0.1) is 17.0 Å². The lowest BCUT2D eigenvalue weighted by Gasteiger charge is -2.13. The Kier molecular flexibility index (Phi) is 4.91. The summed E-state index contributed by atoms with van der Waals surface area (Å²) in [6, 6.07) is 8.01. The molecule has 4 heterocycles. The summed E-state index contributed by atoms with van der Waals surface area (Å²) in [5.74, 6) is 2.34. The van der Waals surface area contributed by atoms with E-state index in [2.05, 4.69) is 43.7 Å². The van der Waals surface area contributed by atoms with Gasteiger partial charge in [-0.25, -0.2) is 0 Å². The summed E-state index contributed by atoms with van der Waals surface area (Å²) in [4.78, 5) is 10.9. The summed E-state index contributed by atoms with van der Waals surface area (Å²) in [6.07, 6.45) is 3.72. The van der Waals surface area contributed by atoms with Crippen LogP contribution < -0.4 is 5.59 Å². The van der Waals surface area contributed by atoms with E-state index in [0.717, 1.165) is 39.4 Å². The average molecular weight is 387 g/mol. The third-order valence-electron chi connectivity index (χ3n) is 3.83. The van der Waals surface area contributed by atoms with E-state index < -0.39 is 0 Å². The highest BCUT2D eigenvalue weighted by Gasteiger charge is 2.18. The van der Waals surface area contributed by atoms with Crippen molar-refractivity contribution in [1.82, 2.24) is 30.3 Å². The minimum Gasteiger partial charge on any atom is -0.387 e. The maximum Gasteiger partial charge on any atom is 0.193 e. The third kappa shape index (κ3) is 3.46. The van der Waals surface area contributed by atoms with Crippen LogP contribution >= 0.6 is 23.1 Å². The number of nitrogens with zero attached hydrogens (tertiary/aromatic N) is 5. The standard InChI is InChI=1S/C17H18N6OS2/c1-3-23-16(15-5-4-8-25-15)19-20-17(23)26-11-22-10-14(24-21-22)13-6-7-18-12(2)9-13/h4-10,21H,3,11H2,1-2H3. The molecule has 1 aliphatic rings. The highest BCUT2D eigenvalue weighted by molar-refractivity contribution is 7.99. The molecule has 0 aliphatic carbocycles. The molecule has 3 aromatic rings. The first-order valence-corrected chi connectivity index (χ1v) is 10.0. The smallest absolute Gasteiger partial charge is 0.193 e. The second-order valence-corrected chi connectivity index (χ2v) is 7.50. The Morgan fingerprint density at radius 2 is 2.23 bits per heavy atom. The average Bonchev–Trinajstić information content (AvgIpc) is 3.39. The number of thioether (sulfide) groups is 1. The fourth-order valence-corrected chi connectivity index (χ4v) is 4.16. The minimum atomic E-state index is 0.649. The van der Waals surface area contributed by atoms with E-state index in [1.54, 1.807) is 29.3 Å². The van der Waals surface area contributed by atoms with E-state index in [-0.39, 0.29) is 0 Å². The summed E-state index contributed by atoms with van der Waals surface area (Å²) >= 11 is 3.28. The Bertz CT molecular complexity index is 921. The lowest BCUT2D eigenvalue weighted by molar-refractivity contribution is 0.0607. The van der Waals surface area contributed by atoms with Gasteiger partial charge in [-0.2, -0.15) is 0 Å². The van der Waals surface area contributed by atoms with Gasteiger partial charge in [0.1, 0.15) is 0 Å².